The molecular weight excluding hydrogens is 451 g/mol. The van der Waals surface area contributed by atoms with Crippen molar-refractivity contribution in [1.29, 1.82) is 5.26 Å². The maximum Gasteiger partial charge on any atom is 0.241 e. The second kappa shape index (κ2) is 10.1. The highest BCUT2D eigenvalue weighted by molar-refractivity contribution is 7.89. The van der Waals surface area contributed by atoms with Crippen LogP contribution >= 0.6 is 0 Å². The number of primary sulfonamides is 1. The molecule has 0 unspecified atom stereocenters. The monoisotopic (exact) mass is 472 g/mol. The summed E-state index contributed by atoms with van der Waals surface area (Å²) in [5, 5.41) is 19.5. The number of methoxy groups -OCH3 is 1. The van der Waals surface area contributed by atoms with Crippen molar-refractivity contribution in [1.82, 2.24) is 9.97 Å². The van der Waals surface area contributed by atoms with Gasteiger partial charge >= 0.3 is 0 Å². The third-order valence-corrected chi connectivity index (χ3v) is 5.33. The molecule has 0 aliphatic rings. The normalized spacial score (nSPS) is 10.9. The van der Waals surface area contributed by atoms with Gasteiger partial charge in [0.25, 0.3) is 0 Å². The fourth-order valence-electron chi connectivity index (χ4n) is 2.86. The van der Waals surface area contributed by atoms with Crippen LogP contribution in [-0.4, -0.2) is 32.1 Å². The number of hydrogen-bond acceptors (Lipinski definition) is 9. The summed E-state index contributed by atoms with van der Waals surface area (Å²) in [6.45, 7) is 2.11. The van der Waals surface area contributed by atoms with Crippen LogP contribution < -0.4 is 25.2 Å². The minimum atomic E-state index is -3.96. The van der Waals surface area contributed by atoms with Crippen molar-refractivity contribution in [3.8, 4) is 17.6 Å². The first-order chi connectivity index (χ1) is 15.7. The van der Waals surface area contributed by atoms with Crippen molar-refractivity contribution < 1.29 is 22.3 Å². The fraction of sp³-hybridized carbons (Fsp3) is 0.190. The Labute approximate surface area is 190 Å². The number of nitrogens with zero attached hydrogens (tertiary/aromatic N) is 3. The summed E-state index contributed by atoms with van der Waals surface area (Å²) in [5.74, 6) is -0.0147. The van der Waals surface area contributed by atoms with Gasteiger partial charge in [-0.15, -0.1) is 0 Å². The number of aromatic nitrogens is 2. The minimum absolute atomic E-state index is 0.0375. The Hall–Kier alpha value is -3.95. The zero-order valence-corrected chi connectivity index (χ0v) is 18.6. The van der Waals surface area contributed by atoms with Crippen molar-refractivity contribution in [3.05, 3.63) is 54.0 Å². The maximum atomic E-state index is 14.3. The van der Waals surface area contributed by atoms with Gasteiger partial charge in [0.1, 0.15) is 23.0 Å². The van der Waals surface area contributed by atoms with Gasteiger partial charge in [0.15, 0.2) is 11.6 Å². The van der Waals surface area contributed by atoms with Crippen LogP contribution in [0.4, 0.5) is 27.5 Å². The predicted molar refractivity (Wildman–Crippen MR) is 120 cm³/mol. The Balaban J connectivity index is 1.79. The maximum absolute atomic E-state index is 14.3. The van der Waals surface area contributed by atoms with E-state index in [1.54, 1.807) is 18.2 Å². The lowest BCUT2D eigenvalue weighted by Gasteiger charge is -2.13. The van der Waals surface area contributed by atoms with Crippen LogP contribution in [0, 0.1) is 24.1 Å². The Morgan fingerprint density at radius 3 is 2.55 bits per heavy atom. The van der Waals surface area contributed by atoms with E-state index in [2.05, 4.69) is 20.6 Å². The first-order valence-electron chi connectivity index (χ1n) is 9.59. The number of rotatable bonds is 9. The van der Waals surface area contributed by atoms with Gasteiger partial charge in [-0.2, -0.15) is 10.2 Å². The van der Waals surface area contributed by atoms with Crippen LogP contribution in [-0.2, 0) is 10.0 Å². The second-order valence-electron chi connectivity index (χ2n) is 6.79. The molecule has 0 spiro atoms. The molecule has 3 aromatic rings. The van der Waals surface area contributed by atoms with E-state index in [1.807, 2.05) is 13.0 Å². The summed E-state index contributed by atoms with van der Waals surface area (Å²) in [5.41, 5.74) is 1.78. The molecule has 0 aliphatic heterocycles. The molecule has 1 heterocycles. The van der Waals surface area contributed by atoms with Gasteiger partial charge in [-0.05, 0) is 42.8 Å². The number of halogens is 1. The lowest BCUT2D eigenvalue weighted by molar-refractivity contribution is 0.324. The highest BCUT2D eigenvalue weighted by Gasteiger charge is 2.16. The van der Waals surface area contributed by atoms with Crippen LogP contribution in [0.25, 0.3) is 0 Å². The van der Waals surface area contributed by atoms with Gasteiger partial charge in [-0.1, -0.05) is 0 Å². The first-order valence-corrected chi connectivity index (χ1v) is 11.1. The number of hydrogen-bond donors (Lipinski definition) is 3. The highest BCUT2D eigenvalue weighted by atomic mass is 32.2. The lowest BCUT2D eigenvalue weighted by atomic mass is 10.2. The van der Waals surface area contributed by atoms with Crippen molar-refractivity contribution in [3.63, 3.8) is 0 Å². The molecule has 0 fully saturated rings. The second-order valence-corrected chi connectivity index (χ2v) is 8.32. The predicted octanol–water partition coefficient (Wildman–Crippen LogP) is 3.36. The molecular formula is C21H21FN6O4S. The van der Waals surface area contributed by atoms with Crippen LogP contribution in [0.1, 0.15) is 12.0 Å². The lowest BCUT2D eigenvalue weighted by Crippen LogP contribution is -2.13. The average Bonchev–Trinajstić information content (AvgIpc) is 2.77. The molecule has 0 bridgehead atoms. The number of aryl methyl sites for hydroxylation is 1. The zero-order chi connectivity index (χ0) is 24.0. The molecule has 4 N–H and O–H groups in total. The number of benzene rings is 2. The number of nitrogens with two attached hydrogens (primary N) is 1. The number of ether oxygens (including phenoxy) is 2. The molecule has 12 heteroatoms. The van der Waals surface area contributed by atoms with Gasteiger partial charge in [-0.25, -0.2) is 22.9 Å². The molecule has 10 nitrogen and oxygen atoms in total. The Morgan fingerprint density at radius 1 is 1.15 bits per heavy atom. The molecule has 0 amide bonds. The molecule has 2 aromatic carbocycles. The molecule has 172 valence electrons. The Kier molecular flexibility index (Phi) is 7.27. The molecule has 0 saturated heterocycles. The molecule has 1 aromatic heterocycles. The standard InChI is InChI=1S/C21H21FN6O4S/c1-13-10-14(4-6-17(13)32-9-3-8-23)26-20-16(22)12-25-21(28-20)27-15-5-7-19(33(24,29)30)18(11-15)31-2/h4-7,10-12H,3,9H2,1-2H3,(H2,24,29,30)(H2,25,26,27,28). The third-order valence-electron chi connectivity index (χ3n) is 4.38. The van der Waals surface area contributed by atoms with E-state index in [-0.39, 0.29) is 35.4 Å². The van der Waals surface area contributed by atoms with Gasteiger partial charge in [0.05, 0.1) is 25.8 Å². The van der Waals surface area contributed by atoms with Gasteiger partial charge in [-0.3, -0.25) is 0 Å². The Morgan fingerprint density at radius 2 is 1.88 bits per heavy atom. The summed E-state index contributed by atoms with van der Waals surface area (Å²) < 4.78 is 48.2. The SMILES string of the molecule is COc1cc(Nc2ncc(F)c(Nc3ccc(OCCC#N)c(C)c3)n2)ccc1S(N)(=O)=O. The van der Waals surface area contributed by atoms with Crippen LogP contribution in [0.3, 0.4) is 0 Å². The van der Waals surface area contributed by atoms with E-state index in [4.69, 9.17) is 19.9 Å². The van der Waals surface area contributed by atoms with Crippen molar-refractivity contribution in [2.24, 2.45) is 5.14 Å². The summed E-state index contributed by atoms with van der Waals surface area (Å²) in [7, 11) is -2.65. The van der Waals surface area contributed by atoms with E-state index >= 15 is 0 Å². The average molecular weight is 473 g/mol. The van der Waals surface area contributed by atoms with E-state index < -0.39 is 15.8 Å². The van der Waals surface area contributed by atoms with Gasteiger partial charge < -0.3 is 20.1 Å². The third kappa shape index (κ3) is 6.06. The van der Waals surface area contributed by atoms with Crippen LogP contribution in [0.15, 0.2) is 47.5 Å². The molecule has 0 saturated carbocycles. The first kappa shape index (κ1) is 23.7. The summed E-state index contributed by atoms with van der Waals surface area (Å²) in [6.07, 6.45) is 1.28. The van der Waals surface area contributed by atoms with E-state index in [1.165, 1.54) is 25.3 Å². The number of anilines is 4. The summed E-state index contributed by atoms with van der Waals surface area (Å²) >= 11 is 0. The van der Waals surface area contributed by atoms with E-state index in [9.17, 15) is 12.8 Å². The van der Waals surface area contributed by atoms with Crippen molar-refractivity contribution in [2.45, 2.75) is 18.2 Å². The molecule has 33 heavy (non-hydrogen) atoms. The zero-order valence-electron chi connectivity index (χ0n) is 17.8. The smallest absolute Gasteiger partial charge is 0.241 e. The van der Waals surface area contributed by atoms with Crippen LogP contribution in [0.2, 0.25) is 0 Å². The summed E-state index contributed by atoms with van der Waals surface area (Å²) in [4.78, 5) is 7.88. The molecule has 0 aliphatic carbocycles. The summed E-state index contributed by atoms with van der Waals surface area (Å²) in [6, 6.07) is 11.3. The number of nitrogens with one attached hydrogen (secondary N) is 2. The van der Waals surface area contributed by atoms with E-state index in [0.717, 1.165) is 11.8 Å². The molecule has 0 radical (unpaired) electrons. The Bertz CT molecular complexity index is 1310. The van der Waals surface area contributed by atoms with Crippen molar-refractivity contribution in [2.75, 3.05) is 24.4 Å². The van der Waals surface area contributed by atoms with Crippen LogP contribution in [0.5, 0.6) is 11.5 Å². The number of nitriles is 1. The topological polar surface area (TPSA) is 152 Å². The molecule has 3 rings (SSSR count). The highest BCUT2D eigenvalue weighted by Crippen LogP contribution is 2.29. The van der Waals surface area contributed by atoms with Gasteiger partial charge in [0, 0.05) is 17.4 Å². The van der Waals surface area contributed by atoms with Crippen molar-refractivity contribution >= 4 is 33.2 Å². The fourth-order valence-corrected chi connectivity index (χ4v) is 3.54. The number of sulfonamides is 1. The largest absolute Gasteiger partial charge is 0.495 e. The minimum Gasteiger partial charge on any atom is -0.495 e. The van der Waals surface area contributed by atoms with E-state index in [0.29, 0.717) is 17.1 Å². The quantitative estimate of drug-likeness (QED) is 0.398. The van der Waals surface area contributed by atoms with Gasteiger partial charge in [0.2, 0.25) is 16.0 Å². The molecule has 0 atom stereocenters.